The fourth-order valence-corrected chi connectivity index (χ4v) is 0. The van der Waals surface area contributed by atoms with Gasteiger partial charge in [0.1, 0.15) is 0 Å². The molecule has 0 heterocycles. The van der Waals surface area contributed by atoms with E-state index in [0.29, 0.717) is 0 Å². The summed E-state index contributed by atoms with van der Waals surface area (Å²) in [5.74, 6) is 0. The van der Waals surface area contributed by atoms with Crippen molar-refractivity contribution in [2.45, 2.75) is 0 Å². The second kappa shape index (κ2) is 176. The molecular weight excluding hydrogens is 610 g/mol. The third-order valence-corrected chi connectivity index (χ3v) is 0. The van der Waals surface area contributed by atoms with Gasteiger partial charge in [0.25, 0.3) is 0 Å². The molecule has 0 aliphatic carbocycles. The van der Waals surface area contributed by atoms with Gasteiger partial charge in [-0.25, -0.2) is 31.6 Å². The Bertz CT molecular complexity index is 269. The van der Waals surface area contributed by atoms with E-state index in [9.17, 15) is 0 Å². The molecule has 6 nitrogen and oxygen atoms in total. The first-order valence-corrected chi connectivity index (χ1v) is 5.02. The fraction of sp³-hybridized carbons (Fsp3) is 0. The molecule has 0 aromatic carbocycles. The average Bonchev–Trinajstić information content (AvgIpc) is 2.23. The van der Waals surface area contributed by atoms with Crippen molar-refractivity contribution in [1.29, 1.82) is 31.6 Å². The number of nitriles is 6. The third-order valence-electron chi connectivity index (χ3n) is 0. The van der Waals surface area contributed by atoms with Crippen LogP contribution in [0.5, 0.6) is 0 Å². The molecule has 0 saturated carbocycles. The van der Waals surface area contributed by atoms with E-state index in [2.05, 4.69) is 75.8 Å². The van der Waals surface area contributed by atoms with Crippen molar-refractivity contribution in [2.75, 3.05) is 0 Å². The Morgan fingerprint density at radius 2 is 0.364 bits per heavy atom. The molecule has 0 radical (unpaired) electrons. The van der Waals surface area contributed by atoms with Crippen LogP contribution >= 0.6 is 0 Å². The van der Waals surface area contributed by atoms with Gasteiger partial charge in [-0.3, -0.25) is 0 Å². The SMILES string of the molecule is N#C[S-].N#C[S-].N#C[S-].N#C[S-].N#C[S-].N#C[S-].[Ir+3].[Na+].[Na+].[Na+]. The van der Waals surface area contributed by atoms with Gasteiger partial charge >= 0.3 is 109 Å². The van der Waals surface area contributed by atoms with E-state index in [1.807, 2.05) is 0 Å². The Morgan fingerprint density at radius 3 is 0.364 bits per heavy atom. The maximum absolute atomic E-state index is 7.13. The first-order chi connectivity index (χ1) is 8.49. The van der Waals surface area contributed by atoms with Crippen molar-refractivity contribution in [3.05, 3.63) is 0 Å². The number of rotatable bonds is 0. The molecule has 102 valence electrons. The normalized spacial score (nSPS) is 1.91. The van der Waals surface area contributed by atoms with Crippen molar-refractivity contribution in [3.8, 4) is 32.4 Å². The third kappa shape index (κ3) is 2630. The van der Waals surface area contributed by atoms with Crippen LogP contribution in [0.1, 0.15) is 0 Å². The summed E-state index contributed by atoms with van der Waals surface area (Å²) in [4.78, 5) is 0. The monoisotopic (exact) mass is 610 g/mol. The van der Waals surface area contributed by atoms with E-state index in [0.717, 1.165) is 0 Å². The predicted molar refractivity (Wildman–Crippen MR) is 77.9 cm³/mol. The summed E-state index contributed by atoms with van der Waals surface area (Å²) in [5.41, 5.74) is 0. The summed E-state index contributed by atoms with van der Waals surface area (Å²) in [5, 5.41) is 50.8. The molecule has 0 fully saturated rings. The van der Waals surface area contributed by atoms with Gasteiger partial charge in [0.2, 0.25) is 0 Å². The summed E-state index contributed by atoms with van der Waals surface area (Å²) in [6.45, 7) is 0. The minimum Gasteiger partial charge on any atom is -0.696 e. The summed E-state index contributed by atoms with van der Waals surface area (Å²) < 4.78 is 0. The number of hydrogen-bond donors (Lipinski definition) is 0. The van der Waals surface area contributed by atoms with Crippen molar-refractivity contribution in [3.63, 3.8) is 0 Å². The predicted octanol–water partition coefficient (Wildman–Crippen LogP) is -8.90. The van der Waals surface area contributed by atoms with Gasteiger partial charge in [-0.05, 0) is 0 Å². The average molecular weight is 610 g/mol. The Balaban J connectivity index is -0.00000000947. The van der Waals surface area contributed by atoms with Gasteiger partial charge in [0.15, 0.2) is 0 Å². The number of nitrogens with zero attached hydrogens (tertiary/aromatic N) is 6. The first-order valence-electron chi connectivity index (χ1n) is 2.57. The van der Waals surface area contributed by atoms with Crippen LogP contribution in [0.3, 0.4) is 0 Å². The molecule has 16 heteroatoms. The van der Waals surface area contributed by atoms with E-state index in [1.54, 1.807) is 0 Å². The van der Waals surface area contributed by atoms with E-state index in [4.69, 9.17) is 31.6 Å². The molecule has 0 bridgehead atoms. The summed E-state index contributed by atoms with van der Waals surface area (Å²) in [7, 11) is 0. The zero-order valence-corrected chi connectivity index (χ0v) is 24.8. The summed E-state index contributed by atoms with van der Waals surface area (Å²) in [6, 6.07) is 0. The molecule has 0 aliphatic heterocycles. The van der Waals surface area contributed by atoms with Crippen molar-refractivity contribution in [2.24, 2.45) is 0 Å². The second-order valence-electron chi connectivity index (χ2n) is 0.548. The van der Waals surface area contributed by atoms with Crippen LogP contribution in [-0.2, 0) is 95.9 Å². The van der Waals surface area contributed by atoms with E-state index in [1.165, 1.54) is 32.4 Å². The molecule has 0 unspecified atom stereocenters. The zero-order valence-electron chi connectivity index (χ0n) is 11.5. The van der Waals surface area contributed by atoms with Crippen LogP contribution in [0.25, 0.3) is 0 Å². The van der Waals surface area contributed by atoms with E-state index < -0.39 is 0 Å². The number of thiocyanates is 6. The van der Waals surface area contributed by atoms with Crippen molar-refractivity contribution >= 4 is 75.8 Å². The van der Waals surface area contributed by atoms with Crippen LogP contribution in [0, 0.1) is 64.0 Å². The van der Waals surface area contributed by atoms with Gasteiger partial charge in [0.05, 0.1) is 0 Å². The first kappa shape index (κ1) is 64.9. The second-order valence-corrected chi connectivity index (χ2v) is 1.64. The van der Waals surface area contributed by atoms with Gasteiger partial charge in [-0.15, -0.1) is 0 Å². The molecule has 0 spiro atoms. The topological polar surface area (TPSA) is 143 Å². The van der Waals surface area contributed by atoms with Gasteiger partial charge in [0, 0.05) is 0 Å². The quantitative estimate of drug-likeness (QED) is 0.146. The minimum atomic E-state index is 0. The smallest absolute Gasteiger partial charge is 0.696 e. The van der Waals surface area contributed by atoms with Crippen LogP contribution in [0.2, 0.25) is 0 Å². The van der Waals surface area contributed by atoms with Crippen LogP contribution in [-0.4, -0.2) is 0 Å². The zero-order chi connectivity index (χ0) is 16.2. The molecule has 0 saturated heterocycles. The Morgan fingerprint density at radius 1 is 0.364 bits per heavy atom. The van der Waals surface area contributed by atoms with Crippen LogP contribution in [0.15, 0.2) is 0 Å². The number of hydrogen-bond acceptors (Lipinski definition) is 12. The molecule has 22 heavy (non-hydrogen) atoms. The fourth-order valence-electron chi connectivity index (χ4n) is 0. The van der Waals surface area contributed by atoms with Gasteiger partial charge in [-0.2, -0.15) is 0 Å². The standard InChI is InChI=1S/6CHNS.Ir.3Na/c6*2-1-3;;;;/h6*3H;;;;/q;;;;;;+3;3*+1/p-6. The summed E-state index contributed by atoms with van der Waals surface area (Å²) >= 11 is 22.2. The molecular formula is C6IrN6Na3S6. The van der Waals surface area contributed by atoms with Crippen molar-refractivity contribution in [1.82, 2.24) is 0 Å². The molecule has 0 N–H and O–H groups in total. The van der Waals surface area contributed by atoms with Gasteiger partial charge in [-0.1, -0.05) is 32.4 Å². The Labute approximate surface area is 244 Å². The summed E-state index contributed by atoms with van der Waals surface area (Å²) in [6.07, 6.45) is 0. The largest absolute Gasteiger partial charge is 3.00 e. The molecule has 0 atom stereocenters. The Kier molecular flexibility index (Phi) is 518. The molecule has 0 amide bonds. The minimum absolute atomic E-state index is 0. The van der Waals surface area contributed by atoms with Gasteiger partial charge < -0.3 is 75.8 Å². The maximum Gasteiger partial charge on any atom is 3.00 e. The molecule has 0 aromatic heterocycles. The Hall–Kier alpha value is 1.91. The van der Waals surface area contributed by atoms with E-state index >= 15 is 0 Å². The maximum atomic E-state index is 7.13. The van der Waals surface area contributed by atoms with Crippen molar-refractivity contribution < 1.29 is 109 Å². The molecule has 0 aliphatic rings. The van der Waals surface area contributed by atoms with Crippen LogP contribution in [0.4, 0.5) is 0 Å². The molecule has 0 rings (SSSR count). The van der Waals surface area contributed by atoms with Crippen LogP contribution < -0.4 is 88.7 Å². The molecule has 0 aromatic rings. The van der Waals surface area contributed by atoms with E-state index in [-0.39, 0.29) is 109 Å².